The molecule has 0 N–H and O–H groups in total. The average Bonchev–Trinajstić information content (AvgIpc) is 2.49. The summed E-state index contributed by atoms with van der Waals surface area (Å²) in [6.45, 7) is 21.6. The van der Waals surface area contributed by atoms with Crippen LogP contribution < -0.4 is 0 Å². The number of aliphatic imine (C=N–C) groups is 1. The van der Waals surface area contributed by atoms with Crippen LogP contribution in [0.15, 0.2) is 64.2 Å². The molecule has 0 aliphatic rings. The van der Waals surface area contributed by atoms with Gasteiger partial charge >= 0.3 is 0 Å². The molecule has 1 nitrogen and oxygen atoms in total. The Bertz CT molecular complexity index is 498. The Kier molecular flexibility index (Phi) is 10.2. The first-order chi connectivity index (χ1) is 10.3. The topological polar surface area (TPSA) is 12.4 Å². The molecule has 0 aromatic heterocycles. The highest BCUT2D eigenvalue weighted by Crippen LogP contribution is 2.19. The minimum atomic E-state index is 0.575. The van der Waals surface area contributed by atoms with Crippen molar-refractivity contribution < 1.29 is 0 Å². The summed E-state index contributed by atoms with van der Waals surface area (Å²) in [5.41, 5.74) is 6.17. The van der Waals surface area contributed by atoms with Gasteiger partial charge in [-0.3, -0.25) is 4.99 Å². The first-order valence-corrected chi connectivity index (χ1v) is 8.16. The van der Waals surface area contributed by atoms with Gasteiger partial charge in [-0.25, -0.2) is 0 Å². The number of hydrogen-bond donors (Lipinski definition) is 0. The molecule has 0 rings (SSSR count). The van der Waals surface area contributed by atoms with E-state index in [2.05, 4.69) is 64.9 Å². The third-order valence-corrected chi connectivity index (χ3v) is 3.87. The van der Waals surface area contributed by atoms with E-state index < -0.39 is 0 Å². The lowest BCUT2D eigenvalue weighted by Crippen LogP contribution is -1.92. The van der Waals surface area contributed by atoms with E-state index in [1.54, 1.807) is 0 Å². The van der Waals surface area contributed by atoms with Gasteiger partial charge in [0.15, 0.2) is 0 Å². The number of rotatable bonds is 9. The summed E-state index contributed by atoms with van der Waals surface area (Å²) in [5.74, 6) is 0.575. The van der Waals surface area contributed by atoms with Crippen LogP contribution in [-0.2, 0) is 0 Å². The molecule has 0 radical (unpaired) electrons. The number of allylic oxidation sites excluding steroid dienone is 8. The van der Waals surface area contributed by atoms with Crippen LogP contribution in [0.25, 0.3) is 0 Å². The standard InChI is InChI=1S/C21H33N/c1-9-16(3)11-12-18(5)20(7)14-21(8)19(6)13-17(4)15-22-10-2/h9,13-16H,1,6,10-12H2,2-5,7-8H3/b17-13-,20-18-,21-14+,22-15-. The van der Waals surface area contributed by atoms with E-state index in [-0.39, 0.29) is 0 Å². The Morgan fingerprint density at radius 2 is 1.77 bits per heavy atom. The maximum absolute atomic E-state index is 4.25. The van der Waals surface area contributed by atoms with Crippen molar-refractivity contribution in [2.45, 2.75) is 54.4 Å². The van der Waals surface area contributed by atoms with Crippen molar-refractivity contribution in [2.24, 2.45) is 10.9 Å². The normalized spacial score (nSPS) is 15.7. The van der Waals surface area contributed by atoms with E-state index in [0.717, 1.165) is 30.5 Å². The van der Waals surface area contributed by atoms with Crippen molar-refractivity contribution in [2.75, 3.05) is 6.54 Å². The molecule has 0 bridgehead atoms. The Balaban J connectivity index is 4.91. The molecule has 0 aromatic rings. The van der Waals surface area contributed by atoms with Gasteiger partial charge in [0, 0.05) is 12.8 Å². The summed E-state index contributed by atoms with van der Waals surface area (Å²) in [6, 6.07) is 0. The fourth-order valence-corrected chi connectivity index (χ4v) is 1.96. The summed E-state index contributed by atoms with van der Waals surface area (Å²) >= 11 is 0. The zero-order valence-electron chi connectivity index (χ0n) is 15.4. The second-order valence-electron chi connectivity index (χ2n) is 6.08. The van der Waals surface area contributed by atoms with Gasteiger partial charge in [-0.15, -0.1) is 6.58 Å². The van der Waals surface area contributed by atoms with Gasteiger partial charge in [-0.05, 0) is 70.1 Å². The van der Waals surface area contributed by atoms with Gasteiger partial charge in [-0.2, -0.15) is 0 Å². The van der Waals surface area contributed by atoms with E-state index in [1.165, 1.54) is 16.7 Å². The second-order valence-corrected chi connectivity index (χ2v) is 6.08. The molecule has 0 saturated carbocycles. The van der Waals surface area contributed by atoms with Crippen molar-refractivity contribution in [3.63, 3.8) is 0 Å². The van der Waals surface area contributed by atoms with Crippen molar-refractivity contribution in [3.8, 4) is 0 Å². The van der Waals surface area contributed by atoms with E-state index in [4.69, 9.17) is 0 Å². The molecule has 0 aliphatic carbocycles. The zero-order chi connectivity index (χ0) is 17.1. The molecule has 22 heavy (non-hydrogen) atoms. The minimum Gasteiger partial charge on any atom is -0.293 e. The molecule has 0 spiro atoms. The average molecular weight is 300 g/mol. The van der Waals surface area contributed by atoms with Gasteiger partial charge in [0.1, 0.15) is 0 Å². The van der Waals surface area contributed by atoms with Gasteiger partial charge in [-0.1, -0.05) is 42.9 Å². The molecule has 1 heteroatoms. The Morgan fingerprint density at radius 3 is 2.32 bits per heavy atom. The zero-order valence-corrected chi connectivity index (χ0v) is 15.4. The van der Waals surface area contributed by atoms with Crippen molar-refractivity contribution in [1.82, 2.24) is 0 Å². The Morgan fingerprint density at radius 1 is 1.14 bits per heavy atom. The van der Waals surface area contributed by atoms with E-state index >= 15 is 0 Å². The smallest absolute Gasteiger partial charge is 0.0361 e. The molecule has 0 heterocycles. The lowest BCUT2D eigenvalue weighted by Gasteiger charge is -2.09. The van der Waals surface area contributed by atoms with Gasteiger partial charge in [0.05, 0.1) is 0 Å². The molecular formula is C21H33N. The second kappa shape index (κ2) is 11.0. The van der Waals surface area contributed by atoms with E-state index in [1.807, 2.05) is 19.2 Å². The van der Waals surface area contributed by atoms with Crippen LogP contribution in [0.2, 0.25) is 0 Å². The lowest BCUT2D eigenvalue weighted by molar-refractivity contribution is 0.644. The highest BCUT2D eigenvalue weighted by Gasteiger charge is 2.01. The molecule has 0 aliphatic heterocycles. The molecule has 0 fully saturated rings. The highest BCUT2D eigenvalue weighted by atomic mass is 14.7. The summed E-state index contributed by atoms with van der Waals surface area (Å²) in [5, 5.41) is 0. The largest absolute Gasteiger partial charge is 0.293 e. The van der Waals surface area contributed by atoms with Crippen molar-refractivity contribution in [1.29, 1.82) is 0 Å². The third kappa shape index (κ3) is 8.61. The van der Waals surface area contributed by atoms with Crippen LogP contribution >= 0.6 is 0 Å². The predicted octanol–water partition coefficient (Wildman–Crippen LogP) is 6.46. The first kappa shape index (κ1) is 20.4. The minimum absolute atomic E-state index is 0.575. The van der Waals surface area contributed by atoms with Crippen LogP contribution in [0.3, 0.4) is 0 Å². The molecule has 0 saturated heterocycles. The van der Waals surface area contributed by atoms with Crippen molar-refractivity contribution in [3.05, 3.63) is 59.3 Å². The molecule has 0 aromatic carbocycles. The van der Waals surface area contributed by atoms with E-state index in [0.29, 0.717) is 5.92 Å². The Hall–Kier alpha value is -1.63. The quantitative estimate of drug-likeness (QED) is 0.263. The first-order valence-electron chi connectivity index (χ1n) is 8.16. The maximum atomic E-state index is 4.25. The van der Waals surface area contributed by atoms with Crippen LogP contribution in [-0.4, -0.2) is 12.8 Å². The predicted molar refractivity (Wildman–Crippen MR) is 103 cm³/mol. The SMILES string of the molecule is C=CC(C)CC/C(C)=C(C)\C=C(/C)C(=C)/C=C(C)\C=N/CC. The van der Waals surface area contributed by atoms with Crippen LogP contribution in [0.5, 0.6) is 0 Å². The summed E-state index contributed by atoms with van der Waals surface area (Å²) in [4.78, 5) is 4.25. The van der Waals surface area contributed by atoms with Crippen LogP contribution in [0, 0.1) is 5.92 Å². The van der Waals surface area contributed by atoms with Gasteiger partial charge < -0.3 is 0 Å². The van der Waals surface area contributed by atoms with Crippen LogP contribution in [0.1, 0.15) is 54.4 Å². The Labute approximate surface area is 137 Å². The summed E-state index contributed by atoms with van der Waals surface area (Å²) < 4.78 is 0. The number of hydrogen-bond acceptors (Lipinski definition) is 1. The van der Waals surface area contributed by atoms with E-state index in [9.17, 15) is 0 Å². The maximum Gasteiger partial charge on any atom is 0.0361 e. The number of nitrogens with zero attached hydrogens (tertiary/aromatic N) is 1. The molecule has 0 amide bonds. The van der Waals surface area contributed by atoms with Crippen molar-refractivity contribution >= 4 is 6.21 Å². The summed E-state index contributed by atoms with van der Waals surface area (Å²) in [6.07, 6.45) is 10.5. The van der Waals surface area contributed by atoms with Gasteiger partial charge in [0.2, 0.25) is 0 Å². The van der Waals surface area contributed by atoms with Crippen LogP contribution in [0.4, 0.5) is 0 Å². The molecule has 1 unspecified atom stereocenters. The monoisotopic (exact) mass is 299 g/mol. The van der Waals surface area contributed by atoms with Gasteiger partial charge in [0.25, 0.3) is 0 Å². The third-order valence-electron chi connectivity index (χ3n) is 3.87. The highest BCUT2D eigenvalue weighted by molar-refractivity contribution is 5.78. The molecule has 122 valence electrons. The fraction of sp³-hybridized carbons (Fsp3) is 0.476. The molecule has 1 atom stereocenters. The summed E-state index contributed by atoms with van der Waals surface area (Å²) in [7, 11) is 0. The molecular weight excluding hydrogens is 266 g/mol. The lowest BCUT2D eigenvalue weighted by atomic mass is 9.97. The fourth-order valence-electron chi connectivity index (χ4n) is 1.96.